The van der Waals surface area contributed by atoms with Gasteiger partial charge in [-0.25, -0.2) is 4.39 Å². The van der Waals surface area contributed by atoms with Crippen LogP contribution in [-0.4, -0.2) is 17.6 Å². The van der Waals surface area contributed by atoms with Gasteiger partial charge in [0.2, 0.25) is 0 Å². The van der Waals surface area contributed by atoms with Crippen LogP contribution in [0.15, 0.2) is 53.5 Å². The Morgan fingerprint density at radius 3 is 2.44 bits per heavy atom. The highest BCUT2D eigenvalue weighted by Gasteiger charge is 2.11. The summed E-state index contributed by atoms with van der Waals surface area (Å²) in [6.45, 7) is 4.33. The summed E-state index contributed by atoms with van der Waals surface area (Å²) in [6.07, 6.45) is 0.0592. The van der Waals surface area contributed by atoms with Crippen molar-refractivity contribution in [1.29, 1.82) is 0 Å². The third-order valence-corrected chi connectivity index (χ3v) is 4.06. The molecule has 0 aromatic heterocycles. The van der Waals surface area contributed by atoms with E-state index in [1.165, 1.54) is 17.7 Å². The summed E-state index contributed by atoms with van der Waals surface area (Å²) in [5, 5.41) is 13.0. The summed E-state index contributed by atoms with van der Waals surface area (Å²) in [7, 11) is 0. The maximum atomic E-state index is 13.6. The number of hydrogen-bond donors (Lipinski definition) is 3. The molecule has 0 bridgehead atoms. The Bertz CT molecular complexity index is 691. The van der Waals surface area contributed by atoms with E-state index in [1.54, 1.807) is 12.1 Å². The van der Waals surface area contributed by atoms with E-state index in [0.29, 0.717) is 5.92 Å². The topological polar surface area (TPSA) is 70.6 Å². The zero-order valence-corrected chi connectivity index (χ0v) is 16.8. The van der Waals surface area contributed by atoms with Crippen LogP contribution in [0.5, 0.6) is 0 Å². The van der Waals surface area contributed by atoms with Gasteiger partial charge in [-0.1, -0.05) is 44.2 Å². The summed E-state index contributed by atoms with van der Waals surface area (Å²) in [6, 6.07) is 14.1. The number of benzene rings is 2. The first-order valence-corrected chi connectivity index (χ1v) is 8.10. The molecule has 2 atom stereocenters. The summed E-state index contributed by atoms with van der Waals surface area (Å²) < 4.78 is 13.6. The first kappa shape index (κ1) is 21.4. The van der Waals surface area contributed by atoms with Crippen LogP contribution in [0.25, 0.3) is 0 Å². The van der Waals surface area contributed by atoms with Gasteiger partial charge in [0.25, 0.3) is 0 Å². The summed E-state index contributed by atoms with van der Waals surface area (Å²) in [4.78, 5) is 4.08. The van der Waals surface area contributed by atoms with E-state index in [0.717, 1.165) is 12.1 Å². The molecule has 4 nitrogen and oxygen atoms in total. The number of halogens is 2. The number of rotatable bonds is 6. The highest BCUT2D eigenvalue weighted by Crippen LogP contribution is 2.20. The Kier molecular flexibility index (Phi) is 8.85. The average molecular weight is 457 g/mol. The first-order chi connectivity index (χ1) is 11.5. The number of aliphatic imine (C=N–C) groups is 1. The van der Waals surface area contributed by atoms with E-state index >= 15 is 0 Å². The van der Waals surface area contributed by atoms with Crippen molar-refractivity contribution >= 4 is 35.6 Å². The van der Waals surface area contributed by atoms with Crippen LogP contribution >= 0.6 is 24.0 Å². The predicted octanol–water partition coefficient (Wildman–Crippen LogP) is 4.42. The predicted molar refractivity (Wildman–Crippen MR) is 112 cm³/mol. The Morgan fingerprint density at radius 1 is 1.20 bits per heavy atom. The molecule has 0 amide bonds. The minimum atomic E-state index is -1.03. The molecule has 0 fully saturated rings. The largest absolute Gasteiger partial charge is 0.386 e. The third kappa shape index (κ3) is 6.28. The van der Waals surface area contributed by atoms with Crippen LogP contribution in [0.3, 0.4) is 0 Å². The van der Waals surface area contributed by atoms with Crippen molar-refractivity contribution < 1.29 is 9.50 Å². The molecule has 6 heteroatoms. The minimum Gasteiger partial charge on any atom is -0.386 e. The SMILES string of the molecule is CCC(C)c1ccc(NC(N)=NCC(O)c2ccccc2F)cc1.I. The maximum absolute atomic E-state index is 13.6. The second-order valence-electron chi connectivity index (χ2n) is 5.82. The number of aliphatic hydroxyl groups excluding tert-OH is 1. The van der Waals surface area contributed by atoms with E-state index < -0.39 is 11.9 Å². The molecule has 0 spiro atoms. The second-order valence-corrected chi connectivity index (χ2v) is 5.82. The lowest BCUT2D eigenvalue weighted by Crippen LogP contribution is -2.23. The van der Waals surface area contributed by atoms with Crippen molar-refractivity contribution in [2.75, 3.05) is 11.9 Å². The maximum Gasteiger partial charge on any atom is 0.193 e. The fourth-order valence-corrected chi connectivity index (χ4v) is 2.35. The number of anilines is 1. The molecule has 2 aromatic carbocycles. The van der Waals surface area contributed by atoms with Crippen molar-refractivity contribution in [3.63, 3.8) is 0 Å². The number of nitrogens with two attached hydrogens (primary N) is 1. The molecule has 4 N–H and O–H groups in total. The van der Waals surface area contributed by atoms with Gasteiger partial charge in [0, 0.05) is 11.3 Å². The minimum absolute atomic E-state index is 0. The number of guanidine groups is 1. The number of nitrogens with one attached hydrogen (secondary N) is 1. The lowest BCUT2D eigenvalue weighted by molar-refractivity contribution is 0.182. The van der Waals surface area contributed by atoms with Crippen LogP contribution in [0, 0.1) is 5.82 Å². The highest BCUT2D eigenvalue weighted by molar-refractivity contribution is 14.0. The Hall–Kier alpha value is -1.67. The van der Waals surface area contributed by atoms with Gasteiger partial charge in [-0.3, -0.25) is 4.99 Å². The third-order valence-electron chi connectivity index (χ3n) is 4.06. The van der Waals surface area contributed by atoms with E-state index in [9.17, 15) is 9.50 Å². The molecule has 0 saturated carbocycles. The molecule has 0 aliphatic rings. The van der Waals surface area contributed by atoms with Gasteiger partial charge in [0.1, 0.15) is 11.9 Å². The second kappa shape index (κ2) is 10.4. The van der Waals surface area contributed by atoms with Crippen LogP contribution < -0.4 is 11.1 Å². The Balaban J connectivity index is 0.00000312. The number of nitrogens with zero attached hydrogens (tertiary/aromatic N) is 1. The fraction of sp³-hybridized carbons (Fsp3) is 0.316. The summed E-state index contributed by atoms with van der Waals surface area (Å²) in [5.74, 6) is 0.245. The Labute approximate surface area is 165 Å². The molecule has 0 aliphatic carbocycles. The quantitative estimate of drug-likeness (QED) is 0.342. The molecule has 0 saturated heterocycles. The van der Waals surface area contributed by atoms with Gasteiger partial charge in [0.15, 0.2) is 5.96 Å². The van der Waals surface area contributed by atoms with Crippen molar-refractivity contribution in [2.45, 2.75) is 32.3 Å². The van der Waals surface area contributed by atoms with Gasteiger partial charge in [-0.2, -0.15) is 0 Å². The Morgan fingerprint density at radius 2 is 1.84 bits per heavy atom. The van der Waals surface area contributed by atoms with Gasteiger partial charge in [-0.15, -0.1) is 24.0 Å². The molecule has 0 heterocycles. The lowest BCUT2D eigenvalue weighted by Gasteiger charge is -2.12. The van der Waals surface area contributed by atoms with E-state index in [1.807, 2.05) is 12.1 Å². The van der Waals surface area contributed by atoms with Crippen LogP contribution in [-0.2, 0) is 0 Å². The molecule has 2 rings (SSSR count). The summed E-state index contributed by atoms with van der Waals surface area (Å²) >= 11 is 0. The van der Waals surface area contributed by atoms with E-state index in [-0.39, 0.29) is 42.0 Å². The van der Waals surface area contributed by atoms with Gasteiger partial charge < -0.3 is 16.2 Å². The van der Waals surface area contributed by atoms with Crippen molar-refractivity contribution in [3.05, 3.63) is 65.5 Å². The van der Waals surface area contributed by atoms with Crippen LogP contribution in [0.2, 0.25) is 0 Å². The fourth-order valence-electron chi connectivity index (χ4n) is 2.35. The molecule has 0 radical (unpaired) electrons. The van der Waals surface area contributed by atoms with Crippen LogP contribution in [0.4, 0.5) is 10.1 Å². The lowest BCUT2D eigenvalue weighted by atomic mass is 9.99. The van der Waals surface area contributed by atoms with Crippen LogP contribution in [0.1, 0.15) is 43.4 Å². The zero-order valence-electron chi connectivity index (χ0n) is 14.4. The molecule has 0 aliphatic heterocycles. The van der Waals surface area contributed by atoms with Crippen molar-refractivity contribution in [3.8, 4) is 0 Å². The highest BCUT2D eigenvalue weighted by atomic mass is 127. The molecule has 2 unspecified atom stereocenters. The van der Waals surface area contributed by atoms with Crippen molar-refractivity contribution in [2.24, 2.45) is 10.7 Å². The van der Waals surface area contributed by atoms with Gasteiger partial charge in [-0.05, 0) is 36.1 Å². The zero-order chi connectivity index (χ0) is 17.5. The summed E-state index contributed by atoms with van der Waals surface area (Å²) in [5.41, 5.74) is 8.14. The molecular weight excluding hydrogens is 432 g/mol. The smallest absolute Gasteiger partial charge is 0.193 e. The monoisotopic (exact) mass is 457 g/mol. The standard InChI is InChI=1S/C19H24FN3O.HI/c1-3-13(2)14-8-10-15(11-9-14)23-19(21)22-12-18(24)16-6-4-5-7-17(16)20;/h4-11,13,18,24H,3,12H2,1-2H3,(H3,21,22,23);1H. The van der Waals surface area contributed by atoms with Gasteiger partial charge in [0.05, 0.1) is 6.54 Å². The molecule has 25 heavy (non-hydrogen) atoms. The number of aliphatic hydroxyl groups is 1. The molecule has 2 aromatic rings. The van der Waals surface area contributed by atoms with E-state index in [4.69, 9.17) is 5.73 Å². The number of hydrogen-bond acceptors (Lipinski definition) is 2. The van der Waals surface area contributed by atoms with Gasteiger partial charge >= 0.3 is 0 Å². The molecule has 136 valence electrons. The first-order valence-electron chi connectivity index (χ1n) is 8.10. The molecular formula is C19H25FIN3O. The van der Waals surface area contributed by atoms with Crippen molar-refractivity contribution in [1.82, 2.24) is 0 Å². The average Bonchev–Trinajstić information content (AvgIpc) is 2.60. The van der Waals surface area contributed by atoms with E-state index in [2.05, 4.69) is 36.3 Å². The normalized spacial score (nSPS) is 13.7.